The Morgan fingerprint density at radius 3 is 2.67 bits per heavy atom. The molecule has 0 unspecified atom stereocenters. The first-order chi connectivity index (χ1) is 11.3. The Labute approximate surface area is 138 Å². The van der Waals surface area contributed by atoms with Gasteiger partial charge in [0, 0.05) is 6.07 Å². The van der Waals surface area contributed by atoms with Crippen LogP contribution in [0.3, 0.4) is 0 Å². The van der Waals surface area contributed by atoms with Crippen LogP contribution in [0.25, 0.3) is 0 Å². The third-order valence-corrected chi connectivity index (χ3v) is 5.45. The first-order valence-corrected chi connectivity index (χ1v) is 8.85. The maximum absolute atomic E-state index is 12.4. The van der Waals surface area contributed by atoms with Gasteiger partial charge in [-0.2, -0.15) is 0 Å². The van der Waals surface area contributed by atoms with Gasteiger partial charge in [0.15, 0.2) is 4.90 Å². The zero-order chi connectivity index (χ0) is 17.9. The predicted octanol–water partition coefficient (Wildman–Crippen LogP) is 0.576. The van der Waals surface area contributed by atoms with Crippen molar-refractivity contribution in [3.63, 3.8) is 0 Å². The van der Waals surface area contributed by atoms with Crippen molar-refractivity contribution >= 4 is 21.7 Å². The van der Waals surface area contributed by atoms with Crippen LogP contribution in [0.4, 0.5) is 5.69 Å². The van der Waals surface area contributed by atoms with Crippen LogP contribution in [0.1, 0.15) is 19.8 Å². The van der Waals surface area contributed by atoms with Crippen LogP contribution < -0.4 is 4.72 Å². The Kier molecular flexibility index (Phi) is 5.52. The molecule has 1 heterocycles. The van der Waals surface area contributed by atoms with Crippen molar-refractivity contribution in [1.29, 1.82) is 0 Å². The van der Waals surface area contributed by atoms with Gasteiger partial charge in [0.25, 0.3) is 5.69 Å². The lowest BCUT2D eigenvalue weighted by Gasteiger charge is -2.21. The van der Waals surface area contributed by atoms with Crippen LogP contribution in [0.2, 0.25) is 0 Å². The zero-order valence-electron chi connectivity index (χ0n) is 12.9. The van der Waals surface area contributed by atoms with E-state index in [1.54, 1.807) is 6.92 Å². The maximum Gasteiger partial charge on any atom is 0.309 e. The minimum atomic E-state index is -4.27. The predicted molar refractivity (Wildman–Crippen MR) is 82.6 cm³/mol. The number of aliphatic hydroxyl groups is 1. The molecule has 2 N–H and O–H groups in total. The summed E-state index contributed by atoms with van der Waals surface area (Å²) in [5, 5.41) is 20.5. The van der Waals surface area contributed by atoms with Gasteiger partial charge in [-0.1, -0.05) is 19.1 Å². The van der Waals surface area contributed by atoms with Gasteiger partial charge in [-0.15, -0.1) is 0 Å². The van der Waals surface area contributed by atoms with Gasteiger partial charge in [0.05, 0.1) is 23.5 Å². The number of sulfonamides is 1. The summed E-state index contributed by atoms with van der Waals surface area (Å²) in [6.45, 7) is 1.20. The van der Waals surface area contributed by atoms with Gasteiger partial charge >= 0.3 is 5.97 Å². The molecule has 10 heteroatoms. The molecule has 1 fully saturated rings. The number of nitrogens with zero attached hydrogens (tertiary/aromatic N) is 1. The summed E-state index contributed by atoms with van der Waals surface area (Å²) < 4.78 is 32.2. The third kappa shape index (κ3) is 3.71. The number of carbonyl (C=O) groups excluding carboxylic acids is 1. The molecule has 2 rings (SSSR count). The van der Waals surface area contributed by atoms with E-state index in [4.69, 9.17) is 4.74 Å². The molecule has 0 spiro atoms. The van der Waals surface area contributed by atoms with Crippen molar-refractivity contribution in [3.8, 4) is 0 Å². The topological polar surface area (TPSA) is 136 Å². The lowest BCUT2D eigenvalue weighted by Crippen LogP contribution is -2.45. The Hall–Kier alpha value is -2.04. The molecule has 3 atom stereocenters. The van der Waals surface area contributed by atoms with E-state index in [1.165, 1.54) is 12.1 Å². The van der Waals surface area contributed by atoms with Crippen molar-refractivity contribution in [3.05, 3.63) is 34.4 Å². The highest BCUT2D eigenvalue weighted by atomic mass is 32.2. The minimum Gasteiger partial charge on any atom is -0.460 e. The number of benzene rings is 1. The lowest BCUT2D eigenvalue weighted by molar-refractivity contribution is -0.387. The third-order valence-electron chi connectivity index (χ3n) is 3.91. The molecule has 0 saturated carbocycles. The fraction of sp³-hybridized carbons (Fsp3) is 0.500. The van der Waals surface area contributed by atoms with Gasteiger partial charge < -0.3 is 9.84 Å². The van der Waals surface area contributed by atoms with Crippen LogP contribution in [-0.2, 0) is 19.6 Å². The molecule has 9 nitrogen and oxygen atoms in total. The molecule has 0 aliphatic carbocycles. The number of nitrogens with one attached hydrogen (secondary N) is 1. The number of rotatable bonds is 7. The second-order valence-corrected chi connectivity index (χ2v) is 7.13. The zero-order valence-corrected chi connectivity index (χ0v) is 13.7. The number of esters is 1. The van der Waals surface area contributed by atoms with E-state index in [0.717, 1.165) is 12.1 Å². The molecular formula is C14H18N2O7S. The first-order valence-electron chi connectivity index (χ1n) is 7.37. The van der Waals surface area contributed by atoms with Gasteiger partial charge in [-0.05, 0) is 18.9 Å². The molecule has 1 aromatic rings. The van der Waals surface area contributed by atoms with Crippen molar-refractivity contribution < 1.29 is 28.0 Å². The van der Waals surface area contributed by atoms with Crippen LogP contribution in [-0.4, -0.2) is 43.2 Å². The number of cyclic esters (lactones) is 1. The van der Waals surface area contributed by atoms with Crippen LogP contribution in [0, 0.1) is 16.0 Å². The van der Waals surface area contributed by atoms with E-state index in [-0.39, 0.29) is 12.3 Å². The highest BCUT2D eigenvalue weighted by Crippen LogP contribution is 2.28. The Morgan fingerprint density at radius 2 is 2.12 bits per heavy atom. The SMILES string of the molecule is CC[C@@H]1C[C@@H]([C@H](CO)NS(=O)(=O)c2ccccc2[N+](=O)[O-])OC1=O. The fourth-order valence-corrected chi connectivity index (χ4v) is 4.01. The highest BCUT2D eigenvalue weighted by molar-refractivity contribution is 7.89. The Balaban J connectivity index is 2.25. The van der Waals surface area contributed by atoms with Crippen LogP contribution in [0.5, 0.6) is 0 Å². The van der Waals surface area contributed by atoms with E-state index >= 15 is 0 Å². The van der Waals surface area contributed by atoms with Gasteiger partial charge in [0.1, 0.15) is 6.10 Å². The summed E-state index contributed by atoms with van der Waals surface area (Å²) in [6.07, 6.45) is 0.00894. The number of aliphatic hydroxyl groups excluding tert-OH is 1. The van der Waals surface area contributed by atoms with Crippen molar-refractivity contribution in [2.75, 3.05) is 6.61 Å². The number of para-hydroxylation sites is 1. The molecule has 1 saturated heterocycles. The number of hydrogen-bond donors (Lipinski definition) is 2. The molecule has 0 radical (unpaired) electrons. The smallest absolute Gasteiger partial charge is 0.309 e. The minimum absolute atomic E-state index is 0.278. The molecule has 1 aliphatic heterocycles. The molecule has 0 amide bonds. The molecule has 0 bridgehead atoms. The van der Waals surface area contributed by atoms with Crippen molar-refractivity contribution in [1.82, 2.24) is 4.72 Å². The summed E-state index contributed by atoms with van der Waals surface area (Å²) >= 11 is 0. The number of nitro groups is 1. The maximum atomic E-state index is 12.4. The van der Waals surface area contributed by atoms with E-state index in [2.05, 4.69) is 4.72 Å². The summed E-state index contributed by atoms with van der Waals surface area (Å²) in [6, 6.07) is 3.81. The normalized spacial score (nSPS) is 22.2. The Morgan fingerprint density at radius 1 is 1.46 bits per heavy atom. The number of ether oxygens (including phenoxy) is 1. The first kappa shape index (κ1) is 18.3. The molecule has 1 aliphatic rings. The van der Waals surface area contributed by atoms with Crippen molar-refractivity contribution in [2.24, 2.45) is 5.92 Å². The summed E-state index contributed by atoms with van der Waals surface area (Å²) in [7, 11) is -4.27. The lowest BCUT2D eigenvalue weighted by atomic mass is 9.99. The van der Waals surface area contributed by atoms with Crippen LogP contribution in [0.15, 0.2) is 29.2 Å². The van der Waals surface area contributed by atoms with Gasteiger partial charge in [-0.25, -0.2) is 13.1 Å². The van der Waals surface area contributed by atoms with E-state index in [1.807, 2.05) is 0 Å². The Bertz CT molecular complexity index is 734. The average molecular weight is 358 g/mol. The van der Waals surface area contributed by atoms with Crippen molar-refractivity contribution in [2.45, 2.75) is 36.8 Å². The summed E-state index contributed by atoms with van der Waals surface area (Å²) in [5.41, 5.74) is -0.573. The van der Waals surface area contributed by atoms with E-state index < -0.39 is 50.3 Å². The largest absolute Gasteiger partial charge is 0.460 e. The summed E-state index contributed by atoms with van der Waals surface area (Å²) in [5.74, 6) is -0.787. The van der Waals surface area contributed by atoms with Gasteiger partial charge in [0.2, 0.25) is 10.0 Å². The van der Waals surface area contributed by atoms with E-state index in [9.17, 15) is 28.4 Å². The second-order valence-electron chi connectivity index (χ2n) is 5.45. The highest BCUT2D eigenvalue weighted by Gasteiger charge is 2.40. The molecule has 0 aromatic heterocycles. The van der Waals surface area contributed by atoms with Crippen LogP contribution >= 0.6 is 0 Å². The molecular weight excluding hydrogens is 340 g/mol. The number of nitro benzene ring substituents is 1. The number of hydrogen-bond acceptors (Lipinski definition) is 7. The number of carbonyl (C=O) groups is 1. The van der Waals surface area contributed by atoms with Gasteiger partial charge in [-0.3, -0.25) is 14.9 Å². The van der Waals surface area contributed by atoms with E-state index in [0.29, 0.717) is 6.42 Å². The quantitative estimate of drug-likeness (QED) is 0.413. The summed E-state index contributed by atoms with van der Waals surface area (Å²) in [4.78, 5) is 21.3. The standard InChI is InChI=1S/C14H18N2O7S/c1-2-9-7-12(23-14(9)18)10(8-17)15-24(21,22)13-6-4-3-5-11(13)16(19)20/h3-6,9-10,12,15,17H,2,7-8H2,1H3/t9-,10+,12+/m1/s1. The molecule has 24 heavy (non-hydrogen) atoms. The fourth-order valence-electron chi connectivity index (χ4n) is 2.58. The molecule has 132 valence electrons. The second kappa shape index (κ2) is 7.24. The monoisotopic (exact) mass is 358 g/mol. The molecule has 1 aromatic carbocycles. The average Bonchev–Trinajstić information content (AvgIpc) is 2.93.